The third-order valence-corrected chi connectivity index (χ3v) is 13.7. The van der Waals surface area contributed by atoms with Crippen LogP contribution in [0.5, 0.6) is 0 Å². The smallest absolute Gasteiger partial charge is 0.160 e. The standard InChI is InChI=1S/C56H36N2S/c1-56(39-21-6-3-7-22-39)46-28-13-12-26-43(46)52-44(27-15-29-47(52)56)49-34-48(57-55(58-49)36-17-4-2-5-18-36)38-20-14-19-37(32-38)45-33-51-54(42-25-11-10-24-41(42)45)53-40-23-9-8-16-35(40)30-31-50(53)59-51/h2-34H,1H3. The molecule has 9 aromatic carbocycles. The SMILES string of the molecule is CC1(c2ccccc2)c2ccccc2-c2c(-c3cc(-c4cccc(-c5cc6sc7ccc8ccccc8c7c6c6ccccc56)c4)nc(-c4ccccc4)n3)cccc21. The summed E-state index contributed by atoms with van der Waals surface area (Å²) in [7, 11) is 0. The van der Waals surface area contributed by atoms with Crippen LogP contribution in [0.1, 0.15) is 23.6 Å². The van der Waals surface area contributed by atoms with Crippen molar-refractivity contribution >= 4 is 53.1 Å². The summed E-state index contributed by atoms with van der Waals surface area (Å²) in [6, 6.07) is 72.6. The second-order valence-corrected chi connectivity index (χ2v) is 16.9. The monoisotopic (exact) mass is 768 g/mol. The van der Waals surface area contributed by atoms with Crippen LogP contribution in [-0.2, 0) is 5.41 Å². The molecule has 0 N–H and O–H groups in total. The van der Waals surface area contributed by atoms with Crippen LogP contribution < -0.4 is 0 Å². The van der Waals surface area contributed by atoms with Gasteiger partial charge in [-0.3, -0.25) is 0 Å². The van der Waals surface area contributed by atoms with Crippen molar-refractivity contribution in [3.63, 3.8) is 0 Å². The molecule has 12 rings (SSSR count). The average molecular weight is 769 g/mol. The largest absolute Gasteiger partial charge is 0.228 e. The van der Waals surface area contributed by atoms with Gasteiger partial charge < -0.3 is 0 Å². The van der Waals surface area contributed by atoms with Gasteiger partial charge in [-0.15, -0.1) is 11.3 Å². The number of hydrogen-bond donors (Lipinski definition) is 0. The molecule has 0 amide bonds. The van der Waals surface area contributed by atoms with Crippen molar-refractivity contribution in [2.24, 2.45) is 0 Å². The van der Waals surface area contributed by atoms with Crippen molar-refractivity contribution in [3.05, 3.63) is 217 Å². The Bertz CT molecular complexity index is 3460. The molecule has 2 aromatic heterocycles. The van der Waals surface area contributed by atoms with Gasteiger partial charge in [-0.25, -0.2) is 9.97 Å². The van der Waals surface area contributed by atoms with Gasteiger partial charge in [-0.1, -0.05) is 176 Å². The average Bonchev–Trinajstić information content (AvgIpc) is 3.83. The molecule has 0 saturated carbocycles. The van der Waals surface area contributed by atoms with Crippen LogP contribution in [0, 0.1) is 0 Å². The van der Waals surface area contributed by atoms with E-state index in [0.717, 1.165) is 33.6 Å². The van der Waals surface area contributed by atoms with Gasteiger partial charge in [-0.05, 0) is 91.7 Å². The highest BCUT2D eigenvalue weighted by Gasteiger charge is 2.41. The van der Waals surface area contributed by atoms with Gasteiger partial charge in [0.1, 0.15) is 0 Å². The van der Waals surface area contributed by atoms with E-state index in [1.807, 2.05) is 17.4 Å². The van der Waals surface area contributed by atoms with E-state index in [0.29, 0.717) is 5.82 Å². The Morgan fingerprint density at radius 2 is 1.03 bits per heavy atom. The molecule has 0 spiro atoms. The zero-order valence-corrected chi connectivity index (χ0v) is 33.2. The molecule has 1 atom stereocenters. The third-order valence-electron chi connectivity index (χ3n) is 12.6. The number of benzene rings is 9. The first-order valence-electron chi connectivity index (χ1n) is 20.2. The number of aromatic nitrogens is 2. The summed E-state index contributed by atoms with van der Waals surface area (Å²) in [5.41, 5.74) is 13.4. The summed E-state index contributed by atoms with van der Waals surface area (Å²) in [4.78, 5) is 10.7. The first-order valence-corrected chi connectivity index (χ1v) is 21.1. The summed E-state index contributed by atoms with van der Waals surface area (Å²) in [5, 5.41) is 7.80. The molecule has 2 heterocycles. The van der Waals surface area contributed by atoms with E-state index in [-0.39, 0.29) is 5.41 Å². The molecule has 0 saturated heterocycles. The highest BCUT2D eigenvalue weighted by molar-refractivity contribution is 7.26. The predicted molar refractivity (Wildman–Crippen MR) is 249 cm³/mol. The van der Waals surface area contributed by atoms with Gasteiger partial charge in [0, 0.05) is 42.3 Å². The first-order chi connectivity index (χ1) is 29.1. The lowest BCUT2D eigenvalue weighted by Gasteiger charge is -2.28. The fourth-order valence-corrected chi connectivity index (χ4v) is 11.0. The normalized spacial score (nSPS) is 14.6. The minimum Gasteiger partial charge on any atom is -0.228 e. The molecule has 0 bridgehead atoms. The van der Waals surface area contributed by atoms with Crippen molar-refractivity contribution < 1.29 is 0 Å². The van der Waals surface area contributed by atoms with Crippen LogP contribution in [0.15, 0.2) is 200 Å². The van der Waals surface area contributed by atoms with Gasteiger partial charge in [0.05, 0.1) is 11.4 Å². The topological polar surface area (TPSA) is 25.8 Å². The Kier molecular flexibility index (Phi) is 7.57. The van der Waals surface area contributed by atoms with Crippen LogP contribution >= 0.6 is 11.3 Å². The second-order valence-electron chi connectivity index (χ2n) is 15.8. The Balaban J connectivity index is 1.06. The molecular weight excluding hydrogens is 733 g/mol. The molecule has 2 nitrogen and oxygen atoms in total. The van der Waals surface area contributed by atoms with Gasteiger partial charge in [0.15, 0.2) is 5.82 Å². The predicted octanol–water partition coefficient (Wildman–Crippen LogP) is 15.2. The van der Waals surface area contributed by atoms with Gasteiger partial charge in [0.25, 0.3) is 0 Å². The quantitative estimate of drug-likeness (QED) is 0.174. The Morgan fingerprint density at radius 3 is 1.90 bits per heavy atom. The van der Waals surface area contributed by atoms with Crippen molar-refractivity contribution in [1.82, 2.24) is 9.97 Å². The van der Waals surface area contributed by atoms with Gasteiger partial charge in [-0.2, -0.15) is 0 Å². The summed E-state index contributed by atoms with van der Waals surface area (Å²) in [5.74, 6) is 0.711. The fraction of sp³-hybridized carbons (Fsp3) is 0.0357. The maximum atomic E-state index is 5.36. The second kappa shape index (κ2) is 13.2. The van der Waals surface area contributed by atoms with Crippen LogP contribution in [0.2, 0.25) is 0 Å². The lowest BCUT2D eigenvalue weighted by Crippen LogP contribution is -2.22. The molecule has 1 unspecified atom stereocenters. The molecule has 0 radical (unpaired) electrons. The number of hydrogen-bond acceptors (Lipinski definition) is 3. The maximum Gasteiger partial charge on any atom is 0.160 e. The van der Waals surface area contributed by atoms with Crippen molar-refractivity contribution in [1.29, 1.82) is 0 Å². The van der Waals surface area contributed by atoms with Crippen molar-refractivity contribution in [2.75, 3.05) is 0 Å². The van der Waals surface area contributed by atoms with Crippen LogP contribution in [0.3, 0.4) is 0 Å². The summed E-state index contributed by atoms with van der Waals surface area (Å²) < 4.78 is 2.61. The zero-order valence-electron chi connectivity index (χ0n) is 32.4. The first kappa shape index (κ1) is 33.9. The van der Waals surface area contributed by atoms with E-state index < -0.39 is 0 Å². The zero-order chi connectivity index (χ0) is 39.1. The van der Waals surface area contributed by atoms with E-state index >= 15 is 0 Å². The van der Waals surface area contributed by atoms with E-state index in [1.165, 1.54) is 75.1 Å². The van der Waals surface area contributed by atoms with E-state index in [4.69, 9.17) is 9.97 Å². The molecular formula is C56H36N2S. The maximum absolute atomic E-state index is 5.36. The lowest BCUT2D eigenvalue weighted by atomic mass is 9.74. The van der Waals surface area contributed by atoms with Crippen molar-refractivity contribution in [2.45, 2.75) is 12.3 Å². The summed E-state index contributed by atoms with van der Waals surface area (Å²) >= 11 is 1.88. The van der Waals surface area contributed by atoms with E-state index in [1.54, 1.807) is 0 Å². The number of nitrogens with zero attached hydrogens (tertiary/aromatic N) is 2. The molecule has 1 aliphatic rings. The third kappa shape index (κ3) is 5.18. The van der Waals surface area contributed by atoms with Gasteiger partial charge in [0.2, 0.25) is 0 Å². The van der Waals surface area contributed by atoms with Crippen molar-refractivity contribution in [3.8, 4) is 56.2 Å². The van der Waals surface area contributed by atoms with Crippen LogP contribution in [0.25, 0.3) is 97.9 Å². The van der Waals surface area contributed by atoms with Gasteiger partial charge >= 0.3 is 0 Å². The molecule has 59 heavy (non-hydrogen) atoms. The Labute approximate surface area is 346 Å². The number of rotatable bonds is 5. The Morgan fingerprint density at radius 1 is 0.407 bits per heavy atom. The number of fused-ring (bicyclic) bond motifs is 10. The number of thiophene rings is 1. The van der Waals surface area contributed by atoms with Crippen LogP contribution in [0.4, 0.5) is 0 Å². The fourth-order valence-electron chi connectivity index (χ4n) is 9.77. The highest BCUT2D eigenvalue weighted by atomic mass is 32.1. The van der Waals surface area contributed by atoms with Crippen LogP contribution in [-0.4, -0.2) is 9.97 Å². The Hall–Kier alpha value is -7.20. The molecule has 3 heteroatoms. The molecule has 0 fully saturated rings. The molecule has 276 valence electrons. The summed E-state index contributed by atoms with van der Waals surface area (Å²) in [6.07, 6.45) is 0. The molecule has 1 aliphatic carbocycles. The highest BCUT2D eigenvalue weighted by Crippen LogP contribution is 2.55. The summed E-state index contributed by atoms with van der Waals surface area (Å²) in [6.45, 7) is 2.37. The minimum atomic E-state index is -0.305. The molecule has 11 aromatic rings. The van der Waals surface area contributed by atoms with E-state index in [2.05, 4.69) is 201 Å². The molecule has 0 aliphatic heterocycles. The lowest BCUT2D eigenvalue weighted by molar-refractivity contribution is 0.714. The minimum absolute atomic E-state index is 0.305. The van der Waals surface area contributed by atoms with E-state index in [9.17, 15) is 0 Å².